The second-order valence-corrected chi connectivity index (χ2v) is 6.88. The highest BCUT2D eigenvalue weighted by Gasteiger charge is 2.22. The predicted octanol–water partition coefficient (Wildman–Crippen LogP) is 2.29. The van der Waals surface area contributed by atoms with Gasteiger partial charge in [0.05, 0.1) is 24.9 Å². The molecule has 2 aromatic rings. The molecule has 8 heteroatoms. The van der Waals surface area contributed by atoms with Crippen molar-refractivity contribution in [1.29, 1.82) is 0 Å². The van der Waals surface area contributed by atoms with Crippen LogP contribution in [0.15, 0.2) is 34.9 Å². The average Bonchev–Trinajstić information content (AvgIpc) is 3.17. The van der Waals surface area contributed by atoms with Crippen molar-refractivity contribution < 1.29 is 18.3 Å². The topological polar surface area (TPSA) is 70.8 Å². The molecule has 1 unspecified atom stereocenters. The number of hydrogen-bond acceptors (Lipinski definition) is 6. The number of anilines is 1. The summed E-state index contributed by atoms with van der Waals surface area (Å²) in [5.74, 6) is 0.0470. The average molecular weight is 390 g/mol. The Kier molecular flexibility index (Phi) is 7.00. The summed E-state index contributed by atoms with van der Waals surface area (Å²) in [5, 5.41) is 2.89. The van der Waals surface area contributed by atoms with E-state index in [1.807, 2.05) is 17.9 Å². The Morgan fingerprint density at radius 2 is 2.07 bits per heavy atom. The summed E-state index contributed by atoms with van der Waals surface area (Å²) in [4.78, 5) is 20.8. The molecule has 1 aliphatic rings. The number of halogens is 1. The second-order valence-electron chi connectivity index (χ2n) is 6.88. The summed E-state index contributed by atoms with van der Waals surface area (Å²) >= 11 is 0. The first-order chi connectivity index (χ1) is 13.6. The van der Waals surface area contributed by atoms with Gasteiger partial charge in [0.25, 0.3) is 5.91 Å². The van der Waals surface area contributed by atoms with Crippen LogP contribution in [0.3, 0.4) is 0 Å². The molecular formula is C20H27FN4O3. The Morgan fingerprint density at radius 3 is 2.75 bits per heavy atom. The number of aromatic nitrogens is 1. The van der Waals surface area contributed by atoms with E-state index < -0.39 is 0 Å². The fourth-order valence-electron chi connectivity index (χ4n) is 3.26. The van der Waals surface area contributed by atoms with Crippen LogP contribution in [-0.2, 0) is 11.3 Å². The fourth-order valence-corrected chi connectivity index (χ4v) is 3.26. The largest absolute Gasteiger partial charge is 0.447 e. The molecule has 152 valence electrons. The first-order valence-electron chi connectivity index (χ1n) is 9.56. The Morgan fingerprint density at radius 1 is 1.32 bits per heavy atom. The van der Waals surface area contributed by atoms with Gasteiger partial charge in [-0.15, -0.1) is 0 Å². The molecule has 2 heterocycles. The molecule has 0 spiro atoms. The summed E-state index contributed by atoms with van der Waals surface area (Å²) in [5.41, 5.74) is 0.910. The van der Waals surface area contributed by atoms with E-state index in [1.165, 1.54) is 12.3 Å². The maximum atomic E-state index is 13.9. The fraction of sp³-hybridized carbons (Fsp3) is 0.500. The summed E-state index contributed by atoms with van der Waals surface area (Å²) in [6, 6.07) is 6.78. The van der Waals surface area contributed by atoms with E-state index >= 15 is 0 Å². The minimum Gasteiger partial charge on any atom is -0.447 e. The number of para-hydroxylation sites is 1. The molecule has 28 heavy (non-hydrogen) atoms. The van der Waals surface area contributed by atoms with Crippen LogP contribution in [0.1, 0.15) is 29.7 Å². The Labute approximate surface area is 164 Å². The van der Waals surface area contributed by atoms with Crippen molar-refractivity contribution in [3.05, 3.63) is 47.9 Å². The summed E-state index contributed by atoms with van der Waals surface area (Å²) in [7, 11) is 1.61. The van der Waals surface area contributed by atoms with Crippen molar-refractivity contribution >= 4 is 11.6 Å². The van der Waals surface area contributed by atoms with Crippen molar-refractivity contribution in [3.8, 4) is 0 Å². The monoisotopic (exact) mass is 390 g/mol. The lowest BCUT2D eigenvalue weighted by Gasteiger charge is -2.35. The Balaban J connectivity index is 1.51. The molecule has 1 aromatic heterocycles. The highest BCUT2D eigenvalue weighted by Crippen LogP contribution is 2.20. The smallest absolute Gasteiger partial charge is 0.273 e. The van der Waals surface area contributed by atoms with E-state index in [-0.39, 0.29) is 23.5 Å². The van der Waals surface area contributed by atoms with Gasteiger partial charge >= 0.3 is 0 Å². The van der Waals surface area contributed by atoms with Crippen LogP contribution in [0, 0.1) is 5.82 Å². The zero-order valence-electron chi connectivity index (χ0n) is 16.4. The molecule has 1 N–H and O–H groups in total. The number of nitrogens with one attached hydrogen (secondary N) is 1. The lowest BCUT2D eigenvalue weighted by Crippen LogP contribution is -2.46. The van der Waals surface area contributed by atoms with Crippen molar-refractivity contribution in [2.45, 2.75) is 25.9 Å². The Bertz CT molecular complexity index is 774. The van der Waals surface area contributed by atoms with E-state index in [4.69, 9.17) is 9.15 Å². The molecule has 0 radical (unpaired) electrons. The first kappa shape index (κ1) is 20.3. The van der Waals surface area contributed by atoms with Crippen LogP contribution >= 0.6 is 0 Å². The van der Waals surface area contributed by atoms with Crippen LogP contribution in [-0.4, -0.2) is 61.7 Å². The number of benzene rings is 1. The van der Waals surface area contributed by atoms with E-state index in [1.54, 1.807) is 19.2 Å². The molecular weight excluding hydrogens is 363 g/mol. The number of oxazole rings is 1. The quantitative estimate of drug-likeness (QED) is 0.746. The van der Waals surface area contributed by atoms with Gasteiger partial charge in [-0.1, -0.05) is 19.1 Å². The van der Waals surface area contributed by atoms with Gasteiger partial charge < -0.3 is 19.4 Å². The molecule has 0 aliphatic carbocycles. The third-order valence-electron chi connectivity index (χ3n) is 4.90. The summed E-state index contributed by atoms with van der Waals surface area (Å²) in [6.07, 6.45) is 2.16. The van der Waals surface area contributed by atoms with Gasteiger partial charge in [0.1, 0.15) is 12.1 Å². The molecule has 0 bridgehead atoms. The van der Waals surface area contributed by atoms with Crippen LogP contribution in [0.25, 0.3) is 0 Å². The van der Waals surface area contributed by atoms with Gasteiger partial charge in [0, 0.05) is 33.3 Å². The van der Waals surface area contributed by atoms with Crippen molar-refractivity contribution in [3.63, 3.8) is 0 Å². The number of carbonyl (C=O) groups is 1. The van der Waals surface area contributed by atoms with Gasteiger partial charge in [-0.05, 0) is 18.6 Å². The van der Waals surface area contributed by atoms with Crippen molar-refractivity contribution in [1.82, 2.24) is 15.2 Å². The molecule has 3 rings (SSSR count). The highest BCUT2D eigenvalue weighted by atomic mass is 19.1. The zero-order chi connectivity index (χ0) is 19.9. The van der Waals surface area contributed by atoms with E-state index in [0.29, 0.717) is 24.7 Å². The van der Waals surface area contributed by atoms with Crippen molar-refractivity contribution in [2.75, 3.05) is 44.8 Å². The third kappa shape index (κ3) is 5.08. The van der Waals surface area contributed by atoms with Gasteiger partial charge in [-0.3, -0.25) is 9.69 Å². The maximum absolute atomic E-state index is 13.9. The van der Waals surface area contributed by atoms with Crippen LogP contribution in [0.4, 0.5) is 10.1 Å². The lowest BCUT2D eigenvalue weighted by atomic mass is 10.2. The van der Waals surface area contributed by atoms with Gasteiger partial charge in [-0.25, -0.2) is 9.37 Å². The molecule has 1 aromatic carbocycles. The second kappa shape index (κ2) is 9.66. The number of ether oxygens (including phenoxy) is 1. The summed E-state index contributed by atoms with van der Waals surface area (Å²) in [6.45, 7) is 5.95. The highest BCUT2D eigenvalue weighted by molar-refractivity contribution is 5.92. The Hall–Kier alpha value is -2.45. The molecule has 0 saturated carbocycles. The molecule has 1 fully saturated rings. The van der Waals surface area contributed by atoms with Gasteiger partial charge in [0.15, 0.2) is 5.69 Å². The predicted molar refractivity (Wildman–Crippen MR) is 104 cm³/mol. The van der Waals surface area contributed by atoms with Gasteiger partial charge in [-0.2, -0.15) is 0 Å². The molecule has 7 nitrogen and oxygen atoms in total. The minimum atomic E-state index is -0.261. The van der Waals surface area contributed by atoms with E-state index in [9.17, 15) is 9.18 Å². The number of methoxy groups -OCH3 is 1. The number of hydrogen-bond donors (Lipinski definition) is 1. The molecule has 1 atom stereocenters. The van der Waals surface area contributed by atoms with Crippen molar-refractivity contribution in [2.24, 2.45) is 0 Å². The zero-order valence-corrected chi connectivity index (χ0v) is 16.4. The van der Waals surface area contributed by atoms with Crippen LogP contribution in [0.2, 0.25) is 0 Å². The van der Waals surface area contributed by atoms with Gasteiger partial charge in [0.2, 0.25) is 5.89 Å². The number of rotatable bonds is 8. The molecule has 1 saturated heterocycles. The SMILES string of the molecule is CCC(COC)NC(=O)c1coc(CN2CCN(c3ccccc3F)CC2)n1. The summed E-state index contributed by atoms with van der Waals surface area (Å²) < 4.78 is 24.5. The number of nitrogens with zero attached hydrogens (tertiary/aromatic N) is 3. The lowest BCUT2D eigenvalue weighted by molar-refractivity contribution is 0.0889. The number of piperazine rings is 1. The normalized spacial score (nSPS) is 16.2. The number of carbonyl (C=O) groups excluding carboxylic acids is 1. The minimum absolute atomic E-state index is 0.0518. The third-order valence-corrected chi connectivity index (χ3v) is 4.90. The van der Waals surface area contributed by atoms with E-state index in [2.05, 4.69) is 15.2 Å². The molecule has 1 aliphatic heterocycles. The number of amides is 1. The van der Waals surface area contributed by atoms with Crippen LogP contribution < -0.4 is 10.2 Å². The standard InChI is InChI=1S/C20H27FN4O3/c1-3-15(13-27-2)22-20(26)17-14-28-19(23-17)12-24-8-10-25(11-9-24)18-7-5-4-6-16(18)21/h4-7,14-15H,3,8-13H2,1-2H3,(H,22,26). The van der Waals surface area contributed by atoms with Crippen LogP contribution in [0.5, 0.6) is 0 Å². The van der Waals surface area contributed by atoms with E-state index in [0.717, 1.165) is 32.6 Å². The molecule has 1 amide bonds. The maximum Gasteiger partial charge on any atom is 0.273 e. The first-order valence-corrected chi connectivity index (χ1v) is 9.56.